The molecule has 37 heavy (non-hydrogen) atoms. The Bertz CT molecular complexity index is 1250. The van der Waals surface area contributed by atoms with Crippen LogP contribution in [0.2, 0.25) is 15.1 Å². The van der Waals surface area contributed by atoms with E-state index in [2.05, 4.69) is 15.4 Å². The Hall–Kier alpha value is -2.83. The third kappa shape index (κ3) is 7.14. The van der Waals surface area contributed by atoms with Gasteiger partial charge in [0.15, 0.2) is 0 Å². The number of aromatic nitrogens is 2. The van der Waals surface area contributed by atoms with Crippen molar-refractivity contribution < 1.29 is 35.5 Å². The second kappa shape index (κ2) is 11.3. The lowest BCUT2D eigenvalue weighted by Crippen LogP contribution is -2.32. The van der Waals surface area contributed by atoms with E-state index in [9.17, 15) is 31.1 Å². The summed E-state index contributed by atoms with van der Waals surface area (Å²) in [6.45, 7) is 0. The van der Waals surface area contributed by atoms with Crippen LogP contribution in [0.3, 0.4) is 0 Å². The van der Waals surface area contributed by atoms with Crippen LogP contribution in [0.1, 0.15) is 45.6 Å². The van der Waals surface area contributed by atoms with Crippen molar-refractivity contribution in [2.75, 3.05) is 5.43 Å². The highest BCUT2D eigenvalue weighted by Crippen LogP contribution is 2.45. The number of anilines is 1. The van der Waals surface area contributed by atoms with Crippen molar-refractivity contribution in [2.24, 2.45) is 0 Å². The predicted molar refractivity (Wildman–Crippen MR) is 123 cm³/mol. The summed E-state index contributed by atoms with van der Waals surface area (Å²) < 4.78 is 97.5. The van der Waals surface area contributed by atoms with E-state index in [-0.39, 0.29) is 27.1 Å². The predicted octanol–water partition coefficient (Wildman–Crippen LogP) is 7.96. The first-order valence-electron chi connectivity index (χ1n) is 10.1. The maximum absolute atomic E-state index is 15.1. The lowest BCUT2D eigenvalue weighted by molar-refractivity contribution is -0.155. The van der Waals surface area contributed by atoms with Crippen molar-refractivity contribution >= 4 is 46.7 Å². The van der Waals surface area contributed by atoms with Gasteiger partial charge in [0.05, 0.1) is 32.1 Å². The second-order valence-corrected chi connectivity index (χ2v) is 8.74. The van der Waals surface area contributed by atoms with E-state index >= 15 is 4.39 Å². The topological polar surface area (TPSA) is 66.9 Å². The molecule has 5 nitrogen and oxygen atoms in total. The van der Waals surface area contributed by atoms with Gasteiger partial charge in [0, 0.05) is 12.4 Å². The van der Waals surface area contributed by atoms with E-state index in [1.165, 1.54) is 18.5 Å². The normalized spacial score (nSPS) is 13.7. The number of hydrogen-bond acceptors (Lipinski definition) is 4. The van der Waals surface area contributed by atoms with E-state index in [4.69, 9.17) is 34.8 Å². The molecule has 198 valence electrons. The van der Waals surface area contributed by atoms with Crippen molar-refractivity contribution in [2.45, 2.75) is 30.9 Å². The van der Waals surface area contributed by atoms with Crippen LogP contribution in [0.4, 0.5) is 36.7 Å². The summed E-state index contributed by atoms with van der Waals surface area (Å²) in [5, 5.41) is -0.821. The fourth-order valence-electron chi connectivity index (χ4n) is 3.31. The van der Waals surface area contributed by atoms with Gasteiger partial charge in [0.2, 0.25) is 5.95 Å². The van der Waals surface area contributed by atoms with Crippen molar-refractivity contribution in [1.82, 2.24) is 15.4 Å². The molecule has 0 radical (unpaired) electrons. The molecule has 1 aromatic heterocycles. The Balaban J connectivity index is 1.90. The highest BCUT2D eigenvalue weighted by atomic mass is 35.5. The zero-order valence-electron chi connectivity index (χ0n) is 18.1. The molecule has 0 fully saturated rings. The van der Waals surface area contributed by atoms with Gasteiger partial charge in [-0.25, -0.2) is 14.4 Å². The minimum atomic E-state index is -5.13. The van der Waals surface area contributed by atoms with Gasteiger partial charge in [0.1, 0.15) is 6.17 Å². The molecular weight excluding hydrogens is 576 g/mol. The zero-order chi connectivity index (χ0) is 27.5. The SMILES string of the molecule is O=C(NNc1ncccn1)c1ccc(C(F)CC(c2cc(Cl)c(Cl)c(Cl)c2)C(F)(F)F)cc1C(F)(F)F. The van der Waals surface area contributed by atoms with Crippen molar-refractivity contribution in [3.05, 3.63) is 86.1 Å². The summed E-state index contributed by atoms with van der Waals surface area (Å²) >= 11 is 17.4. The average Bonchev–Trinajstić information content (AvgIpc) is 2.83. The van der Waals surface area contributed by atoms with E-state index in [1.54, 1.807) is 0 Å². The number of nitrogens with one attached hydrogen (secondary N) is 2. The molecule has 0 saturated heterocycles. The largest absolute Gasteiger partial charge is 0.417 e. The number of carbonyl (C=O) groups excluding carboxylic acids is 1. The number of rotatable bonds is 7. The average molecular weight is 590 g/mol. The maximum Gasteiger partial charge on any atom is 0.417 e. The first-order valence-corrected chi connectivity index (χ1v) is 11.2. The van der Waals surface area contributed by atoms with E-state index < -0.39 is 59.0 Å². The molecule has 1 amide bonds. The molecule has 0 bridgehead atoms. The maximum atomic E-state index is 15.1. The van der Waals surface area contributed by atoms with Gasteiger partial charge in [-0.1, -0.05) is 40.9 Å². The molecule has 2 unspecified atom stereocenters. The van der Waals surface area contributed by atoms with Crippen LogP contribution in [0.5, 0.6) is 0 Å². The Morgan fingerprint density at radius 2 is 1.51 bits per heavy atom. The summed E-state index contributed by atoms with van der Waals surface area (Å²) in [6.07, 6.45) is -11.3. The molecule has 0 aliphatic carbocycles. The molecule has 3 rings (SSSR count). The monoisotopic (exact) mass is 588 g/mol. The number of hydrazine groups is 1. The standard InChI is InChI=1S/C22H14Cl3F7N4O/c23-15-7-11(8-16(24)18(15)25)13(21(27,28)29)9-17(26)10-2-3-12(14(6-10)22(30,31)32)19(37)35-36-20-33-4-1-5-34-20/h1-8,13,17H,9H2,(H,35,37)(H,33,34,36). The van der Waals surface area contributed by atoms with Crippen LogP contribution in [0, 0.1) is 0 Å². The van der Waals surface area contributed by atoms with E-state index in [1.807, 2.05) is 5.43 Å². The molecule has 0 saturated carbocycles. The number of nitrogens with zero attached hydrogens (tertiary/aromatic N) is 2. The van der Waals surface area contributed by atoms with Gasteiger partial charge in [-0.2, -0.15) is 26.3 Å². The van der Waals surface area contributed by atoms with Crippen LogP contribution in [-0.2, 0) is 6.18 Å². The minimum absolute atomic E-state index is 0.120. The first-order chi connectivity index (χ1) is 17.2. The number of alkyl halides is 7. The molecule has 0 spiro atoms. The van der Waals surface area contributed by atoms with Crippen LogP contribution < -0.4 is 10.9 Å². The molecule has 0 aliphatic rings. The molecule has 3 aromatic rings. The molecule has 2 aromatic carbocycles. The summed E-state index contributed by atoms with van der Waals surface area (Å²) in [6, 6.07) is 4.92. The fraction of sp³-hybridized carbons (Fsp3) is 0.227. The molecular formula is C22H14Cl3F7N4O. The van der Waals surface area contributed by atoms with E-state index in [0.29, 0.717) is 6.07 Å². The molecule has 2 N–H and O–H groups in total. The van der Waals surface area contributed by atoms with Crippen molar-refractivity contribution in [1.29, 1.82) is 0 Å². The molecule has 0 aliphatic heterocycles. The second-order valence-electron chi connectivity index (χ2n) is 7.55. The van der Waals surface area contributed by atoms with Crippen molar-refractivity contribution in [3.63, 3.8) is 0 Å². The van der Waals surface area contributed by atoms with Crippen LogP contribution in [0.15, 0.2) is 48.8 Å². The number of amides is 1. The smallest absolute Gasteiger partial charge is 0.267 e. The van der Waals surface area contributed by atoms with Gasteiger partial charge < -0.3 is 0 Å². The van der Waals surface area contributed by atoms with Gasteiger partial charge >= 0.3 is 12.4 Å². The third-order valence-electron chi connectivity index (χ3n) is 5.06. The number of halogens is 10. The first kappa shape index (κ1) is 28.7. The zero-order valence-corrected chi connectivity index (χ0v) is 20.3. The van der Waals surface area contributed by atoms with Gasteiger partial charge in [0.25, 0.3) is 5.91 Å². The Kier molecular flexibility index (Phi) is 8.76. The number of benzene rings is 2. The van der Waals surface area contributed by atoms with Crippen LogP contribution in [-0.4, -0.2) is 22.1 Å². The van der Waals surface area contributed by atoms with Crippen LogP contribution in [0.25, 0.3) is 0 Å². The fourth-order valence-corrected chi connectivity index (χ4v) is 3.92. The molecule has 2 atom stereocenters. The van der Waals surface area contributed by atoms with Gasteiger partial charge in [-0.05, 0) is 47.9 Å². The van der Waals surface area contributed by atoms with Crippen molar-refractivity contribution in [3.8, 4) is 0 Å². The minimum Gasteiger partial charge on any atom is -0.267 e. The number of hydrogen-bond donors (Lipinski definition) is 2. The Labute approximate surface area is 219 Å². The Morgan fingerprint density at radius 1 is 0.919 bits per heavy atom. The highest BCUT2D eigenvalue weighted by Gasteiger charge is 2.43. The summed E-state index contributed by atoms with van der Waals surface area (Å²) in [7, 11) is 0. The van der Waals surface area contributed by atoms with Gasteiger partial charge in [-0.15, -0.1) is 0 Å². The molecule has 15 heteroatoms. The lowest BCUT2D eigenvalue weighted by atomic mass is 9.89. The summed E-state index contributed by atoms with van der Waals surface area (Å²) in [4.78, 5) is 19.8. The summed E-state index contributed by atoms with van der Waals surface area (Å²) in [5.74, 6) is -3.85. The Morgan fingerprint density at radius 3 is 2.05 bits per heavy atom. The van der Waals surface area contributed by atoms with Gasteiger partial charge in [-0.3, -0.25) is 15.6 Å². The highest BCUT2D eigenvalue weighted by molar-refractivity contribution is 6.48. The summed E-state index contributed by atoms with van der Waals surface area (Å²) in [5.41, 5.74) is 0.489. The number of carbonyl (C=O) groups is 1. The lowest BCUT2D eigenvalue weighted by Gasteiger charge is -2.24. The van der Waals surface area contributed by atoms with E-state index in [0.717, 1.165) is 18.2 Å². The van der Waals surface area contributed by atoms with Crippen LogP contribution >= 0.6 is 34.8 Å². The quantitative estimate of drug-likeness (QED) is 0.167. The third-order valence-corrected chi connectivity index (χ3v) is 6.25. The molecule has 1 heterocycles.